The molecule has 1 aliphatic carbocycles. The maximum absolute atomic E-state index is 14.1. The summed E-state index contributed by atoms with van der Waals surface area (Å²) in [7, 11) is -3.94. The van der Waals surface area contributed by atoms with Crippen molar-refractivity contribution in [3.63, 3.8) is 0 Å². The van der Waals surface area contributed by atoms with E-state index in [1.54, 1.807) is 30.3 Å². The molecule has 0 spiro atoms. The number of halogens is 2. The summed E-state index contributed by atoms with van der Waals surface area (Å²) >= 11 is 0. The molecule has 1 aromatic carbocycles. The number of sulfonamides is 1. The van der Waals surface area contributed by atoms with Gasteiger partial charge in [-0.15, -0.1) is 0 Å². The first-order valence-corrected chi connectivity index (χ1v) is 8.99. The van der Waals surface area contributed by atoms with Crippen molar-refractivity contribution < 1.29 is 27.1 Å². The average molecular weight is 347 g/mol. The van der Waals surface area contributed by atoms with E-state index in [0.29, 0.717) is 5.56 Å². The molecular formula is C15H19F2NO4S. The van der Waals surface area contributed by atoms with Crippen LogP contribution in [0.15, 0.2) is 30.3 Å². The lowest BCUT2D eigenvalue weighted by molar-refractivity contribution is -0.142. The second-order valence-electron chi connectivity index (χ2n) is 5.83. The predicted molar refractivity (Wildman–Crippen MR) is 80.5 cm³/mol. The van der Waals surface area contributed by atoms with E-state index in [0.717, 1.165) is 0 Å². The van der Waals surface area contributed by atoms with E-state index < -0.39 is 40.3 Å². The van der Waals surface area contributed by atoms with Crippen LogP contribution in [0, 0.1) is 5.92 Å². The van der Waals surface area contributed by atoms with Crippen molar-refractivity contribution in [1.29, 1.82) is 0 Å². The molecule has 0 unspecified atom stereocenters. The zero-order valence-electron chi connectivity index (χ0n) is 12.4. The van der Waals surface area contributed by atoms with Crippen molar-refractivity contribution in [3.8, 4) is 0 Å². The van der Waals surface area contributed by atoms with Crippen LogP contribution in [-0.2, 0) is 20.6 Å². The molecular weight excluding hydrogens is 328 g/mol. The Labute approximate surface area is 133 Å². The lowest BCUT2D eigenvalue weighted by Crippen LogP contribution is -2.47. The second-order valence-corrected chi connectivity index (χ2v) is 7.58. The molecule has 5 nitrogen and oxygen atoms in total. The minimum Gasteiger partial charge on any atom is -0.481 e. The van der Waals surface area contributed by atoms with Crippen LogP contribution in [0.1, 0.15) is 31.2 Å². The Bertz CT molecular complexity index is 649. The van der Waals surface area contributed by atoms with Gasteiger partial charge in [0.05, 0.1) is 17.7 Å². The first-order valence-electron chi connectivity index (χ1n) is 7.34. The molecule has 1 fully saturated rings. The van der Waals surface area contributed by atoms with Gasteiger partial charge in [-0.25, -0.2) is 21.9 Å². The molecule has 0 saturated heterocycles. The molecule has 1 saturated carbocycles. The number of alkyl halides is 2. The van der Waals surface area contributed by atoms with Crippen molar-refractivity contribution in [2.45, 2.75) is 43.4 Å². The maximum atomic E-state index is 14.1. The van der Waals surface area contributed by atoms with Crippen LogP contribution in [0.25, 0.3) is 0 Å². The van der Waals surface area contributed by atoms with Crippen LogP contribution >= 0.6 is 0 Å². The highest BCUT2D eigenvalue weighted by Gasteiger charge is 2.44. The maximum Gasteiger partial charge on any atom is 0.306 e. The van der Waals surface area contributed by atoms with Crippen molar-refractivity contribution in [2.75, 3.05) is 0 Å². The number of rotatable bonds is 5. The van der Waals surface area contributed by atoms with Crippen molar-refractivity contribution in [3.05, 3.63) is 35.9 Å². The van der Waals surface area contributed by atoms with Crippen LogP contribution in [-0.4, -0.2) is 31.5 Å². The smallest absolute Gasteiger partial charge is 0.306 e. The highest BCUT2D eigenvalue weighted by Crippen LogP contribution is 2.35. The fraction of sp³-hybridized carbons (Fsp3) is 0.533. The number of aliphatic carboxylic acids is 1. The Morgan fingerprint density at radius 2 is 1.87 bits per heavy atom. The summed E-state index contributed by atoms with van der Waals surface area (Å²) < 4.78 is 54.5. The molecule has 0 heterocycles. The fourth-order valence-electron chi connectivity index (χ4n) is 2.71. The molecule has 0 aromatic heterocycles. The lowest BCUT2D eigenvalue weighted by Gasteiger charge is -2.25. The summed E-state index contributed by atoms with van der Waals surface area (Å²) in [5.74, 6) is -5.62. The van der Waals surface area contributed by atoms with E-state index >= 15 is 0 Å². The van der Waals surface area contributed by atoms with Gasteiger partial charge in [0.1, 0.15) is 0 Å². The zero-order chi connectivity index (χ0) is 17.1. The Kier molecular flexibility index (Phi) is 5.36. The molecule has 2 atom stereocenters. The van der Waals surface area contributed by atoms with Gasteiger partial charge >= 0.3 is 5.97 Å². The van der Waals surface area contributed by atoms with Gasteiger partial charge < -0.3 is 5.11 Å². The second kappa shape index (κ2) is 6.92. The number of carboxylic acids is 1. The predicted octanol–water partition coefficient (Wildman–Crippen LogP) is 2.38. The summed E-state index contributed by atoms with van der Waals surface area (Å²) in [5, 5.41) is 8.96. The summed E-state index contributed by atoms with van der Waals surface area (Å²) in [5.41, 5.74) is 0.500. The summed E-state index contributed by atoms with van der Waals surface area (Å²) in [4.78, 5) is 11.0. The molecule has 2 N–H and O–H groups in total. The van der Waals surface area contributed by atoms with Crippen LogP contribution in [0.4, 0.5) is 8.78 Å². The van der Waals surface area contributed by atoms with Crippen molar-refractivity contribution in [1.82, 2.24) is 4.72 Å². The lowest BCUT2D eigenvalue weighted by atomic mass is 10.0. The van der Waals surface area contributed by atoms with Gasteiger partial charge in [0, 0.05) is 6.42 Å². The van der Waals surface area contributed by atoms with Gasteiger partial charge in [0.15, 0.2) is 0 Å². The average Bonchev–Trinajstić information content (AvgIpc) is 2.59. The van der Waals surface area contributed by atoms with Crippen LogP contribution in [0.2, 0.25) is 0 Å². The number of hydrogen-bond acceptors (Lipinski definition) is 3. The van der Waals surface area contributed by atoms with Crippen LogP contribution in [0.5, 0.6) is 0 Å². The molecule has 2 rings (SSSR count). The van der Waals surface area contributed by atoms with Gasteiger partial charge in [0.2, 0.25) is 10.0 Å². The third-order valence-corrected chi connectivity index (χ3v) is 5.37. The van der Waals surface area contributed by atoms with Crippen molar-refractivity contribution in [2.24, 2.45) is 5.92 Å². The molecule has 1 aliphatic rings. The first kappa shape index (κ1) is 17.8. The fourth-order valence-corrected chi connectivity index (χ4v) is 4.15. The van der Waals surface area contributed by atoms with E-state index in [2.05, 4.69) is 4.72 Å². The topological polar surface area (TPSA) is 83.5 Å². The molecule has 128 valence electrons. The molecule has 0 bridgehead atoms. The normalized spacial score (nSPS) is 24.8. The summed E-state index contributed by atoms with van der Waals surface area (Å²) in [6, 6.07) is 6.70. The molecule has 8 heteroatoms. The van der Waals surface area contributed by atoms with Gasteiger partial charge in [-0.3, -0.25) is 4.79 Å². The van der Waals surface area contributed by atoms with Gasteiger partial charge in [-0.1, -0.05) is 30.3 Å². The van der Waals surface area contributed by atoms with Gasteiger partial charge in [-0.05, 0) is 24.8 Å². The van der Waals surface area contributed by atoms with E-state index in [4.69, 9.17) is 5.11 Å². The van der Waals surface area contributed by atoms with E-state index in [9.17, 15) is 22.0 Å². The summed E-state index contributed by atoms with van der Waals surface area (Å²) in [6.45, 7) is 0. The molecule has 23 heavy (non-hydrogen) atoms. The minimum absolute atomic E-state index is 0.0312. The third kappa shape index (κ3) is 4.97. The highest BCUT2D eigenvalue weighted by molar-refractivity contribution is 7.88. The number of carbonyl (C=O) groups is 1. The van der Waals surface area contributed by atoms with E-state index in [1.165, 1.54) is 0 Å². The molecule has 1 aromatic rings. The highest BCUT2D eigenvalue weighted by atomic mass is 32.2. The zero-order valence-corrected chi connectivity index (χ0v) is 13.2. The van der Waals surface area contributed by atoms with Gasteiger partial charge in [0.25, 0.3) is 5.92 Å². The Hall–Kier alpha value is -1.54. The molecule has 0 radical (unpaired) electrons. The number of benzene rings is 1. The quantitative estimate of drug-likeness (QED) is 0.801. The van der Waals surface area contributed by atoms with Crippen LogP contribution in [0.3, 0.4) is 0 Å². The van der Waals surface area contributed by atoms with E-state index in [-0.39, 0.29) is 25.0 Å². The minimum atomic E-state index is -3.94. The Balaban J connectivity index is 2.08. The molecule has 0 amide bonds. The number of carboxylic acid groups (broad SMARTS) is 1. The Morgan fingerprint density at radius 1 is 1.22 bits per heavy atom. The number of hydrogen-bond donors (Lipinski definition) is 2. The van der Waals surface area contributed by atoms with Crippen LogP contribution < -0.4 is 4.72 Å². The Morgan fingerprint density at radius 3 is 2.48 bits per heavy atom. The monoisotopic (exact) mass is 347 g/mol. The van der Waals surface area contributed by atoms with Crippen molar-refractivity contribution >= 4 is 16.0 Å². The SMILES string of the molecule is O=C(O)[C@@H]1CC[C@@H](NS(=O)(=O)Cc2ccccc2)C(F)(F)CC1. The van der Waals surface area contributed by atoms with E-state index in [1.807, 2.05) is 0 Å². The van der Waals surface area contributed by atoms with Gasteiger partial charge in [-0.2, -0.15) is 0 Å². The standard InChI is InChI=1S/C15H19F2NO4S/c16-15(17)9-8-12(14(19)20)6-7-13(15)18-23(21,22)10-11-4-2-1-3-5-11/h1-5,12-13,18H,6-10H2,(H,19,20)/t12-,13-/m1/s1. The third-order valence-electron chi connectivity index (χ3n) is 4.01. The molecule has 0 aliphatic heterocycles. The largest absolute Gasteiger partial charge is 0.481 e. The first-order chi connectivity index (χ1) is 10.7. The summed E-state index contributed by atoms with van der Waals surface area (Å²) in [6.07, 6.45) is -0.955. The number of nitrogens with one attached hydrogen (secondary N) is 1.